The Kier molecular flexibility index (Phi) is 4.01. The van der Waals surface area contributed by atoms with Crippen molar-refractivity contribution in [1.29, 1.82) is 0 Å². The van der Waals surface area contributed by atoms with Gasteiger partial charge in [-0.05, 0) is 55.3 Å². The Morgan fingerprint density at radius 3 is 2.35 bits per heavy atom. The van der Waals surface area contributed by atoms with Gasteiger partial charge in [0.1, 0.15) is 10.7 Å². The second-order valence-corrected chi connectivity index (χ2v) is 6.31. The Hall–Kier alpha value is -1.59. The molecule has 0 aromatic heterocycles. The second kappa shape index (κ2) is 5.42. The first-order valence-corrected chi connectivity index (χ1v) is 7.55. The minimum atomic E-state index is -3.99. The third kappa shape index (κ3) is 3.11. The molecule has 2 rings (SSSR count). The van der Waals surface area contributed by atoms with E-state index in [1.165, 1.54) is 18.2 Å². The van der Waals surface area contributed by atoms with Gasteiger partial charge in [-0.3, -0.25) is 0 Å². The monoisotopic (exact) mass is 314 g/mol. The van der Waals surface area contributed by atoms with Crippen molar-refractivity contribution >= 4 is 21.7 Å². The highest BCUT2D eigenvalue weighted by atomic mass is 35.5. The fourth-order valence-electron chi connectivity index (χ4n) is 1.58. The van der Waals surface area contributed by atoms with E-state index in [-0.39, 0.29) is 15.7 Å². The lowest BCUT2D eigenvalue weighted by molar-refractivity contribution is 0.485. The van der Waals surface area contributed by atoms with Crippen molar-refractivity contribution in [3.8, 4) is 5.75 Å². The highest BCUT2D eigenvalue weighted by molar-refractivity contribution is 7.87. The molecule has 106 valence electrons. The van der Waals surface area contributed by atoms with Gasteiger partial charge < -0.3 is 4.18 Å². The molecule has 0 aliphatic carbocycles. The number of halogens is 2. The third-order valence-corrected chi connectivity index (χ3v) is 4.39. The number of benzene rings is 2. The van der Waals surface area contributed by atoms with E-state index in [1.54, 1.807) is 13.0 Å². The van der Waals surface area contributed by atoms with Crippen LogP contribution in [-0.4, -0.2) is 8.42 Å². The average Bonchev–Trinajstić information content (AvgIpc) is 2.36. The summed E-state index contributed by atoms with van der Waals surface area (Å²) in [5.74, 6) is -0.669. The van der Waals surface area contributed by atoms with E-state index in [0.29, 0.717) is 0 Å². The maximum atomic E-state index is 12.9. The summed E-state index contributed by atoms with van der Waals surface area (Å²) in [4.78, 5) is 0.0287. The minimum Gasteiger partial charge on any atom is -0.377 e. The number of rotatable bonds is 3. The topological polar surface area (TPSA) is 43.4 Å². The van der Waals surface area contributed by atoms with Gasteiger partial charge in [-0.2, -0.15) is 8.42 Å². The largest absolute Gasteiger partial charge is 0.377 e. The maximum absolute atomic E-state index is 12.9. The average molecular weight is 315 g/mol. The van der Waals surface area contributed by atoms with Crippen molar-refractivity contribution in [3.63, 3.8) is 0 Å². The summed E-state index contributed by atoms with van der Waals surface area (Å²) in [7, 11) is -3.99. The van der Waals surface area contributed by atoms with E-state index in [1.807, 2.05) is 6.92 Å². The van der Waals surface area contributed by atoms with Gasteiger partial charge in [0.15, 0.2) is 5.75 Å². The van der Waals surface area contributed by atoms with Crippen LogP contribution in [-0.2, 0) is 10.1 Å². The van der Waals surface area contributed by atoms with Crippen molar-refractivity contribution in [2.24, 2.45) is 0 Å². The van der Waals surface area contributed by atoms with Crippen molar-refractivity contribution in [1.82, 2.24) is 0 Å². The molecule has 0 atom stereocenters. The minimum absolute atomic E-state index is 0.0287. The molecule has 0 heterocycles. The van der Waals surface area contributed by atoms with Gasteiger partial charge in [0.2, 0.25) is 0 Å². The van der Waals surface area contributed by atoms with Crippen LogP contribution < -0.4 is 4.18 Å². The normalized spacial score (nSPS) is 11.4. The molecule has 0 saturated heterocycles. The molecule has 6 heteroatoms. The molecule has 0 saturated carbocycles. The zero-order valence-corrected chi connectivity index (χ0v) is 12.4. The van der Waals surface area contributed by atoms with Crippen molar-refractivity contribution in [2.45, 2.75) is 18.7 Å². The zero-order valence-electron chi connectivity index (χ0n) is 10.9. The Balaban J connectivity index is 2.38. The summed E-state index contributed by atoms with van der Waals surface area (Å²) >= 11 is 5.75. The Morgan fingerprint density at radius 1 is 1.05 bits per heavy atom. The van der Waals surface area contributed by atoms with Gasteiger partial charge >= 0.3 is 10.1 Å². The first-order valence-electron chi connectivity index (χ1n) is 5.76. The van der Waals surface area contributed by atoms with Crippen LogP contribution in [0.2, 0.25) is 5.02 Å². The van der Waals surface area contributed by atoms with Crippen LogP contribution in [0.15, 0.2) is 41.3 Å². The SMILES string of the molecule is Cc1ccc(S(=O)(=O)Oc2ccc(F)cc2Cl)cc1C. The summed E-state index contributed by atoms with van der Waals surface area (Å²) in [5, 5.41) is -0.0996. The van der Waals surface area contributed by atoms with Gasteiger partial charge in [-0.25, -0.2) is 4.39 Å². The lowest BCUT2D eigenvalue weighted by atomic mass is 10.1. The van der Waals surface area contributed by atoms with Crippen molar-refractivity contribution < 1.29 is 17.0 Å². The molecule has 0 amide bonds. The molecule has 0 bridgehead atoms. The lowest BCUT2D eigenvalue weighted by Crippen LogP contribution is -2.10. The molecule has 0 aliphatic heterocycles. The van der Waals surface area contributed by atoms with Crippen LogP contribution in [0.5, 0.6) is 5.75 Å². The van der Waals surface area contributed by atoms with Gasteiger partial charge in [-0.15, -0.1) is 0 Å². The molecular formula is C14H12ClFO3S. The molecule has 0 unspecified atom stereocenters. The smallest absolute Gasteiger partial charge is 0.339 e. The molecule has 0 fully saturated rings. The second-order valence-electron chi connectivity index (χ2n) is 4.36. The van der Waals surface area contributed by atoms with Gasteiger partial charge in [0.25, 0.3) is 0 Å². The predicted molar refractivity (Wildman–Crippen MR) is 75.1 cm³/mol. The molecule has 3 nitrogen and oxygen atoms in total. The standard InChI is InChI=1S/C14H12ClFO3S/c1-9-3-5-12(7-10(9)2)20(17,18)19-14-6-4-11(16)8-13(14)15/h3-8H,1-2H3. The van der Waals surface area contributed by atoms with Crippen LogP contribution in [0, 0.1) is 19.7 Å². The maximum Gasteiger partial charge on any atom is 0.339 e. The van der Waals surface area contributed by atoms with Gasteiger partial charge in [0, 0.05) is 0 Å². The lowest BCUT2D eigenvalue weighted by Gasteiger charge is -2.09. The molecule has 2 aromatic rings. The third-order valence-electron chi connectivity index (χ3n) is 2.86. The molecule has 2 aromatic carbocycles. The highest BCUT2D eigenvalue weighted by Crippen LogP contribution is 2.28. The van der Waals surface area contributed by atoms with E-state index in [0.717, 1.165) is 23.3 Å². The van der Waals surface area contributed by atoms with E-state index >= 15 is 0 Å². The summed E-state index contributed by atoms with van der Waals surface area (Å²) in [6, 6.07) is 7.91. The van der Waals surface area contributed by atoms with E-state index in [4.69, 9.17) is 15.8 Å². The van der Waals surface area contributed by atoms with Crippen LogP contribution >= 0.6 is 11.6 Å². The quantitative estimate of drug-likeness (QED) is 0.808. The summed E-state index contributed by atoms with van der Waals surface area (Å²) in [5.41, 5.74) is 1.81. The van der Waals surface area contributed by atoms with Crippen LogP contribution in [0.4, 0.5) is 4.39 Å². The fourth-order valence-corrected chi connectivity index (χ4v) is 2.86. The summed E-state index contributed by atoms with van der Waals surface area (Å²) in [6.45, 7) is 3.68. The van der Waals surface area contributed by atoms with Crippen LogP contribution in [0.25, 0.3) is 0 Å². The van der Waals surface area contributed by atoms with E-state index in [2.05, 4.69) is 0 Å². The molecule has 20 heavy (non-hydrogen) atoms. The van der Waals surface area contributed by atoms with Crippen LogP contribution in [0.3, 0.4) is 0 Å². The number of aryl methyl sites for hydroxylation is 2. The molecule has 0 spiro atoms. The van der Waals surface area contributed by atoms with Crippen LogP contribution in [0.1, 0.15) is 11.1 Å². The highest BCUT2D eigenvalue weighted by Gasteiger charge is 2.19. The molecule has 0 radical (unpaired) electrons. The van der Waals surface area contributed by atoms with E-state index in [9.17, 15) is 12.8 Å². The summed E-state index contributed by atoms with van der Waals surface area (Å²) in [6.07, 6.45) is 0. The predicted octanol–water partition coefficient (Wildman–Crippen LogP) is 3.86. The summed E-state index contributed by atoms with van der Waals surface area (Å²) < 4.78 is 42.1. The fraction of sp³-hybridized carbons (Fsp3) is 0.143. The zero-order chi connectivity index (χ0) is 14.9. The Bertz CT molecular complexity index is 757. The Labute approximate surface area is 122 Å². The molecule has 0 aliphatic rings. The first kappa shape index (κ1) is 14.8. The number of hydrogen-bond acceptors (Lipinski definition) is 3. The molecule has 0 N–H and O–H groups in total. The van der Waals surface area contributed by atoms with Crippen molar-refractivity contribution in [3.05, 3.63) is 58.4 Å². The van der Waals surface area contributed by atoms with Crippen molar-refractivity contribution in [2.75, 3.05) is 0 Å². The van der Waals surface area contributed by atoms with Gasteiger partial charge in [-0.1, -0.05) is 17.7 Å². The number of hydrogen-bond donors (Lipinski definition) is 0. The van der Waals surface area contributed by atoms with Gasteiger partial charge in [0.05, 0.1) is 5.02 Å². The van der Waals surface area contributed by atoms with E-state index < -0.39 is 15.9 Å². The molecular weight excluding hydrogens is 303 g/mol. The Morgan fingerprint density at radius 2 is 1.75 bits per heavy atom. The first-order chi connectivity index (χ1) is 9.29.